The Labute approximate surface area is 360 Å². The van der Waals surface area contributed by atoms with Gasteiger partial charge in [-0.25, -0.2) is 0 Å². The van der Waals surface area contributed by atoms with Crippen molar-refractivity contribution in [2.75, 3.05) is 97.3 Å². The number of rotatable bonds is 19. The first-order valence-corrected chi connectivity index (χ1v) is 25.3. The first-order valence-electron chi connectivity index (χ1n) is 20.2. The van der Waals surface area contributed by atoms with E-state index in [9.17, 15) is 50.0 Å². The summed E-state index contributed by atoms with van der Waals surface area (Å²) in [5.74, 6) is -0.590. The van der Waals surface area contributed by atoms with Crippen LogP contribution in [0.2, 0.25) is 0 Å². The molecule has 6 rings (SSSR count). The number of likely N-dealkylation sites (N-methyl/N-ethyl adjacent to an activating group) is 2. The van der Waals surface area contributed by atoms with Crippen LogP contribution >= 0.6 is 7.29 Å². The van der Waals surface area contributed by atoms with E-state index in [1.165, 1.54) is 53.2 Å². The van der Waals surface area contributed by atoms with Gasteiger partial charge in [0.15, 0.2) is 41.0 Å². The topological polar surface area (TPSA) is 271 Å². The monoisotopic (exact) mass is 930 g/mol. The van der Waals surface area contributed by atoms with Crippen molar-refractivity contribution in [3.05, 3.63) is 35.4 Å². The Morgan fingerprint density at radius 2 is 1.23 bits per heavy atom. The van der Waals surface area contributed by atoms with E-state index < -0.39 is 62.2 Å². The minimum absolute atomic E-state index is 0.0736. The number of ether oxygens (including phenoxy) is 4. The van der Waals surface area contributed by atoms with Crippen LogP contribution in [0.4, 0.5) is 11.4 Å². The fourth-order valence-corrected chi connectivity index (χ4v) is 12.4. The Bertz CT molecular complexity index is 2160. The highest BCUT2D eigenvalue weighted by molar-refractivity contribution is 7.86. The predicted molar refractivity (Wildman–Crippen MR) is 227 cm³/mol. The predicted octanol–water partition coefficient (Wildman–Crippen LogP) is 2.09. The van der Waals surface area contributed by atoms with E-state index in [1.807, 2.05) is 0 Å². The Hall–Kier alpha value is -4.38. The highest BCUT2D eigenvalue weighted by Gasteiger charge is 2.46. The second kappa shape index (κ2) is 19.2. The van der Waals surface area contributed by atoms with Crippen molar-refractivity contribution in [3.8, 4) is 23.0 Å². The van der Waals surface area contributed by atoms with Gasteiger partial charge in [0.2, 0.25) is 5.91 Å². The summed E-state index contributed by atoms with van der Waals surface area (Å²) in [4.78, 5) is 44.1. The fraction of sp³-hybridized carbons (Fsp3) is 0.605. The normalized spacial score (nSPS) is 21.9. The van der Waals surface area contributed by atoms with Gasteiger partial charge in [-0.3, -0.25) is 28.2 Å². The summed E-state index contributed by atoms with van der Waals surface area (Å²) in [7, 11) is -6.79. The number of nitrogens with one attached hydrogen (secondary N) is 2. The molecule has 62 heavy (non-hydrogen) atoms. The quantitative estimate of drug-likeness (QED) is 0.0997. The molecule has 3 amide bonds. The van der Waals surface area contributed by atoms with Crippen molar-refractivity contribution in [1.29, 1.82) is 0 Å². The summed E-state index contributed by atoms with van der Waals surface area (Å²) >= 11 is 0. The molecule has 0 aromatic heterocycles. The SMILES string of the molecule is COc1cc2c(cc1OCCP(=O)(CCOc1cc3c(cc1OC)C(=O)N1CCC[C@H]1C(S(=O)(=O)O)N3)N(C)CCN(C)C(=O)CCCO)NC(S(=O)(=O)O)[C@@H]1CCCN1C2=O. The third-order valence-electron chi connectivity index (χ3n) is 11.9. The van der Waals surface area contributed by atoms with Crippen molar-refractivity contribution >= 4 is 56.6 Å². The number of hydrogen-bond donors (Lipinski definition) is 5. The van der Waals surface area contributed by atoms with Gasteiger partial charge in [-0.15, -0.1) is 0 Å². The van der Waals surface area contributed by atoms with E-state index >= 15 is 0 Å². The van der Waals surface area contributed by atoms with Crippen LogP contribution in [0.1, 0.15) is 59.2 Å². The molecular formula is C38H55N6O15PS2. The Kier molecular flexibility index (Phi) is 14.6. The Morgan fingerprint density at radius 1 is 0.774 bits per heavy atom. The maximum absolute atomic E-state index is 15.0. The van der Waals surface area contributed by atoms with Gasteiger partial charge in [0.1, 0.15) is 0 Å². The van der Waals surface area contributed by atoms with Crippen molar-refractivity contribution in [3.63, 3.8) is 0 Å². The summed E-state index contributed by atoms with van der Waals surface area (Å²) in [6.45, 7) is 0.495. The molecule has 4 atom stereocenters. The van der Waals surface area contributed by atoms with Crippen LogP contribution in [-0.2, 0) is 29.6 Å². The molecule has 4 heterocycles. The number of carbonyl (C=O) groups excluding carboxylic acids is 3. The molecule has 0 bridgehead atoms. The number of benzene rings is 2. The lowest BCUT2D eigenvalue weighted by atomic mass is 10.1. The van der Waals surface area contributed by atoms with Gasteiger partial charge < -0.3 is 54.0 Å². The molecule has 0 aliphatic carbocycles. The molecule has 2 unspecified atom stereocenters. The molecule has 0 spiro atoms. The van der Waals surface area contributed by atoms with E-state index in [0.29, 0.717) is 45.2 Å². The number of aliphatic hydroxyl groups is 1. The zero-order chi connectivity index (χ0) is 45.1. The summed E-state index contributed by atoms with van der Waals surface area (Å²) in [5.41, 5.74) is 0.433. The molecule has 0 saturated carbocycles. The molecule has 4 aliphatic heterocycles. The third-order valence-corrected chi connectivity index (χ3v) is 17.2. The van der Waals surface area contributed by atoms with Crippen LogP contribution in [0.15, 0.2) is 24.3 Å². The highest BCUT2D eigenvalue weighted by Crippen LogP contribution is 2.49. The molecule has 21 nitrogen and oxygen atoms in total. The molecule has 344 valence electrons. The van der Waals surface area contributed by atoms with Gasteiger partial charge in [-0.2, -0.15) is 16.8 Å². The third kappa shape index (κ3) is 10.0. The smallest absolute Gasteiger partial charge is 0.288 e. The van der Waals surface area contributed by atoms with Crippen LogP contribution in [0.5, 0.6) is 23.0 Å². The summed E-state index contributed by atoms with van der Waals surface area (Å²) in [6.07, 6.45) is 2.12. The minimum Gasteiger partial charge on any atom is -0.493 e. The number of anilines is 2. The number of nitrogens with zero attached hydrogens (tertiary/aromatic N) is 4. The molecule has 4 aliphatic rings. The van der Waals surface area contributed by atoms with Crippen molar-refractivity contribution < 1.29 is 68.9 Å². The Balaban J connectivity index is 1.23. The van der Waals surface area contributed by atoms with E-state index in [-0.39, 0.29) is 103 Å². The lowest BCUT2D eigenvalue weighted by Gasteiger charge is -2.30. The van der Waals surface area contributed by atoms with E-state index in [4.69, 9.17) is 18.9 Å². The van der Waals surface area contributed by atoms with Gasteiger partial charge in [0, 0.05) is 70.7 Å². The number of methoxy groups -OCH3 is 2. The van der Waals surface area contributed by atoms with Gasteiger partial charge >= 0.3 is 0 Å². The van der Waals surface area contributed by atoms with Crippen molar-refractivity contribution in [1.82, 2.24) is 19.4 Å². The van der Waals surface area contributed by atoms with Crippen LogP contribution in [0.3, 0.4) is 0 Å². The molecule has 2 aromatic carbocycles. The van der Waals surface area contributed by atoms with Gasteiger partial charge in [0.05, 0.1) is 62.0 Å². The summed E-state index contributed by atoms with van der Waals surface area (Å²) in [6, 6.07) is 4.04. The van der Waals surface area contributed by atoms with E-state index in [1.54, 1.807) is 18.8 Å². The van der Waals surface area contributed by atoms with E-state index in [2.05, 4.69) is 10.6 Å². The zero-order valence-corrected chi connectivity index (χ0v) is 37.5. The largest absolute Gasteiger partial charge is 0.493 e. The molecule has 0 radical (unpaired) electrons. The number of hydrogen-bond acceptors (Lipinski definition) is 15. The second-order valence-corrected chi connectivity index (χ2v) is 22.0. The van der Waals surface area contributed by atoms with E-state index in [0.717, 1.165) is 0 Å². The average molecular weight is 931 g/mol. The van der Waals surface area contributed by atoms with Gasteiger partial charge in [-0.1, -0.05) is 0 Å². The second-order valence-electron chi connectivity index (χ2n) is 15.7. The summed E-state index contributed by atoms with van der Waals surface area (Å²) < 4.78 is 110. The molecule has 2 fully saturated rings. The Morgan fingerprint density at radius 3 is 1.63 bits per heavy atom. The minimum atomic E-state index is -4.65. The lowest BCUT2D eigenvalue weighted by Crippen LogP contribution is -2.47. The first kappa shape index (κ1) is 47.1. The maximum Gasteiger partial charge on any atom is 0.288 e. The average Bonchev–Trinajstić information content (AvgIpc) is 3.87. The number of amides is 3. The number of aliphatic hydroxyl groups excluding tert-OH is 1. The van der Waals surface area contributed by atoms with Gasteiger partial charge in [0.25, 0.3) is 32.1 Å². The van der Waals surface area contributed by atoms with Crippen molar-refractivity contribution in [2.24, 2.45) is 0 Å². The molecule has 24 heteroatoms. The standard InChI is InChI=1S/C38H55N6O15PS2/c1-41(34(46)10-7-15-45)13-14-42(2)60(49,18-16-58-32-22-26-24(20-30(32)56-3)37(47)43-11-5-8-28(43)35(39-26)61(50,51)52)19-17-59-33-23-27-25(21-31(33)57-4)38(48)44-12-6-9-29(44)36(40-27)62(53,54)55/h20-23,28-29,35-36,39-40,45H,5-19H2,1-4H3,(H,50,51,52)(H,53,54,55)/t28-,29-,35?,36?,60?/m0/s1. The van der Waals surface area contributed by atoms with Crippen LogP contribution in [0, 0.1) is 0 Å². The maximum atomic E-state index is 15.0. The molecule has 5 N–H and O–H groups in total. The number of carbonyl (C=O) groups is 3. The van der Waals surface area contributed by atoms with Crippen LogP contribution in [0.25, 0.3) is 0 Å². The highest BCUT2D eigenvalue weighted by atomic mass is 32.2. The van der Waals surface area contributed by atoms with Crippen molar-refractivity contribution in [2.45, 2.75) is 61.4 Å². The zero-order valence-electron chi connectivity index (χ0n) is 35.0. The molecular weight excluding hydrogens is 876 g/mol. The lowest BCUT2D eigenvalue weighted by molar-refractivity contribution is -0.130. The first-order chi connectivity index (χ1) is 29.3. The molecule has 2 aromatic rings. The fourth-order valence-electron chi connectivity index (χ4n) is 8.40. The van der Waals surface area contributed by atoms with Crippen LogP contribution in [-0.4, -0.2) is 178 Å². The summed E-state index contributed by atoms with van der Waals surface area (Å²) in [5, 5.41) is 11.8. The molecule has 2 saturated heterocycles. The number of fused-ring (bicyclic) bond motifs is 4. The van der Waals surface area contributed by atoms with Gasteiger partial charge in [-0.05, 0) is 51.3 Å². The van der Waals surface area contributed by atoms with Crippen LogP contribution < -0.4 is 29.6 Å².